The number of nitrogens with zero attached hydrogens (tertiary/aromatic N) is 1. The number of hydrogen-bond acceptors (Lipinski definition) is 5. The molecule has 1 aromatic heterocycles. The van der Waals surface area contributed by atoms with Crippen LogP contribution in [0.4, 0.5) is 5.69 Å². The summed E-state index contributed by atoms with van der Waals surface area (Å²) in [7, 11) is 0. The Morgan fingerprint density at radius 2 is 1.81 bits per heavy atom. The molecule has 6 nitrogen and oxygen atoms in total. The van der Waals surface area contributed by atoms with Crippen molar-refractivity contribution < 1.29 is 18.7 Å². The SMILES string of the molecule is Cc1oc(-c2ccccc2)nc1C(=O)OCC(=O)Nc1ccccc1Cl. The molecule has 0 atom stereocenters. The lowest BCUT2D eigenvalue weighted by atomic mass is 10.2. The van der Waals surface area contributed by atoms with Crippen molar-refractivity contribution in [2.24, 2.45) is 0 Å². The van der Waals surface area contributed by atoms with E-state index >= 15 is 0 Å². The standard InChI is InChI=1S/C19H15ClN2O4/c1-12-17(22-18(26-12)13-7-3-2-4-8-13)19(24)25-11-16(23)21-15-10-6-5-9-14(15)20/h2-10H,11H2,1H3,(H,21,23). The number of carbonyl (C=O) groups is 2. The van der Waals surface area contributed by atoms with Gasteiger partial charge in [0.15, 0.2) is 12.3 Å². The zero-order chi connectivity index (χ0) is 18.5. The summed E-state index contributed by atoms with van der Waals surface area (Å²) in [5.41, 5.74) is 1.22. The van der Waals surface area contributed by atoms with E-state index in [1.807, 2.05) is 30.3 Å². The second-order valence-corrected chi connectivity index (χ2v) is 5.80. The number of carbonyl (C=O) groups excluding carboxylic acids is 2. The van der Waals surface area contributed by atoms with Gasteiger partial charge in [-0.1, -0.05) is 41.9 Å². The summed E-state index contributed by atoms with van der Waals surface area (Å²) in [6.07, 6.45) is 0. The molecule has 0 saturated heterocycles. The minimum Gasteiger partial charge on any atom is -0.451 e. The van der Waals surface area contributed by atoms with Crippen LogP contribution in [0.5, 0.6) is 0 Å². The van der Waals surface area contributed by atoms with Gasteiger partial charge in [0.05, 0.1) is 10.7 Å². The number of oxazole rings is 1. The number of ether oxygens (including phenoxy) is 1. The molecule has 1 N–H and O–H groups in total. The minimum atomic E-state index is -0.734. The van der Waals surface area contributed by atoms with Crippen LogP contribution in [0.2, 0.25) is 5.02 Å². The first-order valence-electron chi connectivity index (χ1n) is 7.79. The van der Waals surface area contributed by atoms with Gasteiger partial charge in [0.1, 0.15) is 5.76 Å². The predicted octanol–water partition coefficient (Wildman–Crippen LogP) is 4.10. The van der Waals surface area contributed by atoms with Crippen molar-refractivity contribution in [1.82, 2.24) is 4.98 Å². The van der Waals surface area contributed by atoms with E-state index in [4.69, 9.17) is 20.8 Å². The lowest BCUT2D eigenvalue weighted by molar-refractivity contribution is -0.119. The zero-order valence-corrected chi connectivity index (χ0v) is 14.6. The predicted molar refractivity (Wildman–Crippen MR) is 97.0 cm³/mol. The molecule has 0 unspecified atom stereocenters. The lowest BCUT2D eigenvalue weighted by Crippen LogP contribution is -2.21. The third kappa shape index (κ3) is 4.10. The fraction of sp³-hybridized carbons (Fsp3) is 0.105. The zero-order valence-electron chi connectivity index (χ0n) is 13.9. The summed E-state index contributed by atoms with van der Waals surface area (Å²) in [6.45, 7) is 1.15. The fourth-order valence-corrected chi connectivity index (χ4v) is 2.42. The van der Waals surface area contributed by atoms with Gasteiger partial charge in [-0.15, -0.1) is 0 Å². The molecular formula is C19H15ClN2O4. The average Bonchev–Trinajstić information content (AvgIpc) is 3.04. The van der Waals surface area contributed by atoms with Crippen LogP contribution in [0.1, 0.15) is 16.2 Å². The Kier molecular flexibility index (Phi) is 5.34. The smallest absolute Gasteiger partial charge is 0.361 e. The van der Waals surface area contributed by atoms with E-state index in [1.54, 1.807) is 31.2 Å². The monoisotopic (exact) mass is 370 g/mol. The number of anilines is 1. The van der Waals surface area contributed by atoms with Crippen molar-refractivity contribution >= 4 is 29.2 Å². The Bertz CT molecular complexity index is 938. The Labute approximate surface area is 154 Å². The molecule has 0 aliphatic rings. The van der Waals surface area contributed by atoms with Crippen LogP contribution in [-0.2, 0) is 9.53 Å². The van der Waals surface area contributed by atoms with E-state index < -0.39 is 18.5 Å². The van der Waals surface area contributed by atoms with Crippen LogP contribution in [-0.4, -0.2) is 23.5 Å². The normalized spacial score (nSPS) is 10.4. The molecule has 0 spiro atoms. The van der Waals surface area contributed by atoms with E-state index in [9.17, 15) is 9.59 Å². The minimum absolute atomic E-state index is 0.0365. The van der Waals surface area contributed by atoms with Crippen LogP contribution in [0.25, 0.3) is 11.5 Å². The molecule has 0 bridgehead atoms. The molecule has 2 aromatic carbocycles. The Morgan fingerprint density at radius 1 is 1.12 bits per heavy atom. The largest absolute Gasteiger partial charge is 0.451 e. The fourth-order valence-electron chi connectivity index (χ4n) is 2.24. The molecule has 7 heteroatoms. The van der Waals surface area contributed by atoms with Gasteiger partial charge < -0.3 is 14.5 Å². The number of esters is 1. The topological polar surface area (TPSA) is 81.4 Å². The number of aromatic nitrogens is 1. The van der Waals surface area contributed by atoms with E-state index in [-0.39, 0.29) is 5.69 Å². The molecule has 0 aliphatic heterocycles. The molecule has 0 fully saturated rings. The van der Waals surface area contributed by atoms with Crippen molar-refractivity contribution in [1.29, 1.82) is 0 Å². The van der Waals surface area contributed by atoms with Gasteiger partial charge in [-0.2, -0.15) is 0 Å². The van der Waals surface area contributed by atoms with E-state index in [2.05, 4.69) is 10.3 Å². The van der Waals surface area contributed by atoms with Gasteiger partial charge in [-0.25, -0.2) is 9.78 Å². The number of benzene rings is 2. The second kappa shape index (κ2) is 7.84. The molecule has 0 aliphatic carbocycles. The first kappa shape index (κ1) is 17.7. The van der Waals surface area contributed by atoms with Crippen molar-refractivity contribution in [2.45, 2.75) is 6.92 Å². The van der Waals surface area contributed by atoms with Crippen LogP contribution in [0, 0.1) is 6.92 Å². The first-order valence-corrected chi connectivity index (χ1v) is 8.17. The highest BCUT2D eigenvalue weighted by Crippen LogP contribution is 2.22. The summed E-state index contributed by atoms with van der Waals surface area (Å²) in [4.78, 5) is 28.3. The quantitative estimate of drug-likeness (QED) is 0.684. The number of aryl methyl sites for hydroxylation is 1. The summed E-state index contributed by atoms with van der Waals surface area (Å²) < 4.78 is 10.5. The summed E-state index contributed by atoms with van der Waals surface area (Å²) >= 11 is 5.96. The maximum Gasteiger partial charge on any atom is 0.361 e. The third-order valence-electron chi connectivity index (χ3n) is 3.49. The maximum absolute atomic E-state index is 12.2. The van der Waals surface area contributed by atoms with E-state index in [1.165, 1.54) is 0 Å². The third-order valence-corrected chi connectivity index (χ3v) is 3.82. The number of nitrogens with one attached hydrogen (secondary N) is 1. The van der Waals surface area contributed by atoms with Crippen LogP contribution in [0.3, 0.4) is 0 Å². The second-order valence-electron chi connectivity index (χ2n) is 5.39. The number of para-hydroxylation sites is 1. The Morgan fingerprint density at radius 3 is 2.54 bits per heavy atom. The van der Waals surface area contributed by atoms with Crippen LogP contribution >= 0.6 is 11.6 Å². The maximum atomic E-state index is 12.2. The van der Waals surface area contributed by atoms with Crippen LogP contribution in [0.15, 0.2) is 59.0 Å². The summed E-state index contributed by atoms with van der Waals surface area (Å²) in [6, 6.07) is 16.0. The molecule has 1 heterocycles. The molecule has 1 amide bonds. The molecule has 0 saturated carbocycles. The van der Waals surface area contributed by atoms with Crippen molar-refractivity contribution in [3.8, 4) is 11.5 Å². The highest BCUT2D eigenvalue weighted by molar-refractivity contribution is 6.33. The van der Waals surface area contributed by atoms with E-state index in [0.717, 1.165) is 5.56 Å². The van der Waals surface area contributed by atoms with Gasteiger partial charge in [0.25, 0.3) is 5.91 Å². The lowest BCUT2D eigenvalue weighted by Gasteiger charge is -2.07. The molecular weight excluding hydrogens is 356 g/mol. The molecule has 3 rings (SSSR count). The number of hydrogen-bond donors (Lipinski definition) is 1. The molecule has 3 aromatic rings. The first-order chi connectivity index (χ1) is 12.5. The number of amides is 1. The van der Waals surface area contributed by atoms with Crippen molar-refractivity contribution in [2.75, 3.05) is 11.9 Å². The van der Waals surface area contributed by atoms with Gasteiger partial charge in [-0.05, 0) is 31.2 Å². The number of halogens is 1. The highest BCUT2D eigenvalue weighted by atomic mass is 35.5. The van der Waals surface area contributed by atoms with Gasteiger partial charge in [0, 0.05) is 5.56 Å². The summed E-state index contributed by atoms with van der Waals surface area (Å²) in [5.74, 6) is -0.602. The van der Waals surface area contributed by atoms with Gasteiger partial charge in [0.2, 0.25) is 5.89 Å². The molecule has 0 radical (unpaired) electrons. The van der Waals surface area contributed by atoms with Gasteiger partial charge >= 0.3 is 5.97 Å². The molecule has 132 valence electrons. The Balaban J connectivity index is 1.63. The van der Waals surface area contributed by atoms with E-state index in [0.29, 0.717) is 22.4 Å². The van der Waals surface area contributed by atoms with Crippen molar-refractivity contribution in [3.05, 3.63) is 71.1 Å². The molecule has 26 heavy (non-hydrogen) atoms. The Hall–Kier alpha value is -3.12. The average molecular weight is 371 g/mol. The van der Waals surface area contributed by atoms with Crippen molar-refractivity contribution in [3.63, 3.8) is 0 Å². The van der Waals surface area contributed by atoms with Gasteiger partial charge in [-0.3, -0.25) is 4.79 Å². The van der Waals surface area contributed by atoms with Crippen LogP contribution < -0.4 is 5.32 Å². The number of rotatable bonds is 5. The summed E-state index contributed by atoms with van der Waals surface area (Å²) in [5, 5.41) is 2.97. The highest BCUT2D eigenvalue weighted by Gasteiger charge is 2.20.